The lowest BCUT2D eigenvalue weighted by atomic mass is 9.48. The molecular weight excluding hydrogens is 488 g/mol. The number of hydrogen-bond acceptors (Lipinski definition) is 4. The summed E-state index contributed by atoms with van der Waals surface area (Å²) in [6, 6.07) is 13.0. The third-order valence-corrected chi connectivity index (χ3v) is 9.43. The molecule has 3 N–H and O–H groups in total. The third-order valence-electron chi connectivity index (χ3n) is 9.43. The molecule has 2 aromatic carbocycles. The van der Waals surface area contributed by atoms with Crippen molar-refractivity contribution in [2.24, 2.45) is 23.2 Å². The van der Waals surface area contributed by atoms with Crippen LogP contribution in [0, 0.1) is 30.1 Å². The summed E-state index contributed by atoms with van der Waals surface area (Å²) in [5.74, 6) is 2.01. The van der Waals surface area contributed by atoms with Crippen LogP contribution in [0.25, 0.3) is 11.4 Å². The van der Waals surface area contributed by atoms with E-state index < -0.39 is 5.97 Å². The van der Waals surface area contributed by atoms with Gasteiger partial charge in [-0.05, 0) is 105 Å². The number of aromatic carboxylic acids is 1. The van der Waals surface area contributed by atoms with Crippen molar-refractivity contribution in [1.29, 1.82) is 0 Å². The summed E-state index contributed by atoms with van der Waals surface area (Å²) in [6.07, 6.45) is 10.1. The lowest BCUT2D eigenvalue weighted by Gasteiger charge is -2.57. The van der Waals surface area contributed by atoms with Crippen LogP contribution in [0.15, 0.2) is 42.5 Å². The molecule has 0 spiro atoms. The molecular formula is C32H38N4O3. The Bertz CT molecular complexity index is 1390. The van der Waals surface area contributed by atoms with Crippen molar-refractivity contribution in [3.63, 3.8) is 0 Å². The molecule has 0 unspecified atom stereocenters. The predicted molar refractivity (Wildman–Crippen MR) is 153 cm³/mol. The van der Waals surface area contributed by atoms with Gasteiger partial charge in [0, 0.05) is 31.0 Å². The van der Waals surface area contributed by atoms with Crippen molar-refractivity contribution in [2.75, 3.05) is 24.3 Å². The Morgan fingerprint density at radius 3 is 2.33 bits per heavy atom. The van der Waals surface area contributed by atoms with Gasteiger partial charge in [-0.1, -0.05) is 24.3 Å². The Kier molecular flexibility index (Phi) is 6.48. The monoisotopic (exact) mass is 526 g/mol. The summed E-state index contributed by atoms with van der Waals surface area (Å²) in [5.41, 5.74) is 4.90. The number of anilines is 2. The van der Waals surface area contributed by atoms with Crippen molar-refractivity contribution < 1.29 is 14.7 Å². The zero-order valence-corrected chi connectivity index (χ0v) is 23.1. The van der Waals surface area contributed by atoms with E-state index in [0.29, 0.717) is 28.3 Å². The summed E-state index contributed by atoms with van der Waals surface area (Å²) in [7, 11) is 3.60. The number of hydrogen-bond donors (Lipinski definition) is 3. The number of carbonyl (C=O) groups is 2. The first kappa shape index (κ1) is 25.7. The second-order valence-corrected chi connectivity index (χ2v) is 12.5. The molecule has 204 valence electrons. The zero-order chi connectivity index (χ0) is 27.3. The first-order chi connectivity index (χ1) is 18.7. The zero-order valence-electron chi connectivity index (χ0n) is 23.1. The van der Waals surface area contributed by atoms with Crippen LogP contribution >= 0.6 is 0 Å². The number of H-pyrrole nitrogens is 1. The van der Waals surface area contributed by atoms with Gasteiger partial charge in [0.2, 0.25) is 0 Å². The van der Waals surface area contributed by atoms with Crippen LogP contribution in [0.2, 0.25) is 0 Å². The Morgan fingerprint density at radius 1 is 1.05 bits per heavy atom. The molecule has 0 saturated heterocycles. The maximum Gasteiger partial charge on any atom is 0.337 e. The fourth-order valence-electron chi connectivity index (χ4n) is 8.10. The van der Waals surface area contributed by atoms with E-state index in [9.17, 15) is 14.7 Å². The van der Waals surface area contributed by atoms with E-state index in [1.165, 1.54) is 44.6 Å². The average molecular weight is 527 g/mol. The number of aromatic amines is 1. The lowest BCUT2D eigenvalue weighted by molar-refractivity contribution is -0.0570. The van der Waals surface area contributed by atoms with Gasteiger partial charge in [-0.3, -0.25) is 4.79 Å². The number of benzene rings is 2. The Hall–Kier alpha value is -3.61. The number of nitrogens with one attached hydrogen (secondary N) is 2. The number of carboxylic acids is 1. The molecule has 7 rings (SSSR count). The Balaban J connectivity index is 1.29. The van der Waals surface area contributed by atoms with Crippen LogP contribution in [-0.4, -0.2) is 41.0 Å². The summed E-state index contributed by atoms with van der Waals surface area (Å²) in [4.78, 5) is 35.6. The maximum absolute atomic E-state index is 13.6. The molecule has 7 nitrogen and oxygen atoms in total. The SMILES string of the molecule is Cc1ccccc1-c1nc(C(=O)Nc2ccc(N(C)C)c(C(=O)O)c2)c(CCC23CC4CC(CC(C4)C2)C3)[nH]1. The van der Waals surface area contributed by atoms with Gasteiger partial charge in [0.15, 0.2) is 0 Å². The van der Waals surface area contributed by atoms with Gasteiger partial charge in [0.1, 0.15) is 11.5 Å². The van der Waals surface area contributed by atoms with Gasteiger partial charge in [-0.2, -0.15) is 0 Å². The first-order valence-corrected chi connectivity index (χ1v) is 14.2. The quantitative estimate of drug-likeness (QED) is 0.309. The Morgan fingerprint density at radius 2 is 1.72 bits per heavy atom. The highest BCUT2D eigenvalue weighted by molar-refractivity contribution is 6.05. The average Bonchev–Trinajstić information content (AvgIpc) is 3.31. The topological polar surface area (TPSA) is 98.3 Å². The van der Waals surface area contributed by atoms with Crippen molar-refractivity contribution in [2.45, 2.75) is 58.3 Å². The van der Waals surface area contributed by atoms with Gasteiger partial charge in [0.05, 0.1) is 11.3 Å². The van der Waals surface area contributed by atoms with Crippen LogP contribution in [0.1, 0.15) is 77.0 Å². The molecule has 4 bridgehead atoms. The normalized spacial score (nSPS) is 25.1. The molecule has 1 aromatic heterocycles. The van der Waals surface area contributed by atoms with Gasteiger partial charge in [-0.25, -0.2) is 9.78 Å². The van der Waals surface area contributed by atoms with Crippen LogP contribution in [0.4, 0.5) is 11.4 Å². The highest BCUT2D eigenvalue weighted by Gasteiger charge is 2.50. The van der Waals surface area contributed by atoms with E-state index in [1.807, 2.05) is 31.2 Å². The van der Waals surface area contributed by atoms with Crippen LogP contribution in [0.3, 0.4) is 0 Å². The first-order valence-electron chi connectivity index (χ1n) is 14.2. The van der Waals surface area contributed by atoms with E-state index in [-0.39, 0.29) is 11.5 Å². The van der Waals surface area contributed by atoms with Gasteiger partial charge >= 0.3 is 5.97 Å². The van der Waals surface area contributed by atoms with E-state index in [4.69, 9.17) is 4.98 Å². The van der Waals surface area contributed by atoms with E-state index in [1.54, 1.807) is 31.1 Å². The third kappa shape index (κ3) is 4.95. The largest absolute Gasteiger partial charge is 0.478 e. The smallest absolute Gasteiger partial charge is 0.337 e. The second-order valence-electron chi connectivity index (χ2n) is 12.5. The summed E-state index contributed by atoms with van der Waals surface area (Å²) < 4.78 is 0. The number of rotatable bonds is 8. The van der Waals surface area contributed by atoms with E-state index in [0.717, 1.165) is 47.4 Å². The van der Waals surface area contributed by atoms with Gasteiger partial charge in [0.25, 0.3) is 5.91 Å². The number of carbonyl (C=O) groups excluding carboxylic acids is 1. The number of aryl methyl sites for hydroxylation is 2. The van der Waals surface area contributed by atoms with Crippen LogP contribution < -0.4 is 10.2 Å². The fraction of sp³-hybridized carbons (Fsp3) is 0.469. The second kappa shape index (κ2) is 9.85. The van der Waals surface area contributed by atoms with Crippen molar-refractivity contribution in [3.05, 3.63) is 65.0 Å². The predicted octanol–water partition coefficient (Wildman–Crippen LogP) is 6.55. The number of aromatic nitrogens is 2. The highest BCUT2D eigenvalue weighted by Crippen LogP contribution is 2.61. The van der Waals surface area contributed by atoms with Crippen LogP contribution in [0.5, 0.6) is 0 Å². The lowest BCUT2D eigenvalue weighted by Crippen LogP contribution is -2.46. The number of carboxylic acid groups (broad SMARTS) is 1. The molecule has 4 aliphatic rings. The molecule has 0 radical (unpaired) electrons. The minimum atomic E-state index is -1.03. The molecule has 39 heavy (non-hydrogen) atoms. The molecule has 3 aromatic rings. The Labute approximate surface area is 230 Å². The highest BCUT2D eigenvalue weighted by atomic mass is 16.4. The van der Waals surface area contributed by atoms with E-state index >= 15 is 0 Å². The molecule has 4 fully saturated rings. The standard InChI is InChI=1S/C32H38N4O3/c1-19-6-4-5-7-24(19)29-34-26(10-11-32-16-20-12-21(17-32)14-22(13-20)18-32)28(35-29)30(37)33-23-8-9-27(36(2)3)25(15-23)31(38)39/h4-9,15,20-22H,10-14,16-18H2,1-3H3,(H,33,37)(H,34,35)(H,38,39). The summed E-state index contributed by atoms with van der Waals surface area (Å²) in [6.45, 7) is 2.05. The molecule has 4 aliphatic carbocycles. The number of nitrogens with zero attached hydrogens (tertiary/aromatic N) is 2. The minimum Gasteiger partial charge on any atom is -0.478 e. The molecule has 4 saturated carbocycles. The molecule has 7 heteroatoms. The van der Waals surface area contributed by atoms with Crippen molar-refractivity contribution in [1.82, 2.24) is 9.97 Å². The van der Waals surface area contributed by atoms with Crippen LogP contribution in [-0.2, 0) is 6.42 Å². The van der Waals surface area contributed by atoms with Gasteiger partial charge in [-0.15, -0.1) is 0 Å². The number of imidazole rings is 1. The molecule has 1 heterocycles. The minimum absolute atomic E-state index is 0.141. The summed E-state index contributed by atoms with van der Waals surface area (Å²) >= 11 is 0. The van der Waals surface area contributed by atoms with Gasteiger partial charge < -0.3 is 20.3 Å². The maximum atomic E-state index is 13.6. The van der Waals surface area contributed by atoms with E-state index in [2.05, 4.69) is 10.3 Å². The van der Waals surface area contributed by atoms with Crippen molar-refractivity contribution >= 4 is 23.3 Å². The number of amides is 1. The molecule has 0 atom stereocenters. The fourth-order valence-corrected chi connectivity index (χ4v) is 8.10. The van der Waals surface area contributed by atoms with Crippen molar-refractivity contribution in [3.8, 4) is 11.4 Å². The molecule has 0 aliphatic heterocycles. The summed E-state index contributed by atoms with van der Waals surface area (Å²) in [5, 5.41) is 12.6. The molecule has 1 amide bonds.